The predicted molar refractivity (Wildman–Crippen MR) is 83.3 cm³/mol. The van der Waals surface area contributed by atoms with E-state index >= 15 is 0 Å². The summed E-state index contributed by atoms with van der Waals surface area (Å²) < 4.78 is 0. The van der Waals surface area contributed by atoms with Gasteiger partial charge in [0.15, 0.2) is 0 Å². The maximum Gasteiger partial charge on any atom is 0.0537 e. The van der Waals surface area contributed by atoms with Crippen LogP contribution in [0.2, 0.25) is 0 Å². The van der Waals surface area contributed by atoms with Crippen LogP contribution in [-0.4, -0.2) is 11.2 Å². The van der Waals surface area contributed by atoms with Gasteiger partial charge in [0.2, 0.25) is 0 Å². The molecule has 0 spiro atoms. The van der Waals surface area contributed by atoms with Crippen molar-refractivity contribution in [2.75, 3.05) is 0 Å². The van der Waals surface area contributed by atoms with Crippen molar-refractivity contribution in [2.24, 2.45) is 11.8 Å². The molecule has 0 aliphatic carbocycles. The molecule has 2 nitrogen and oxygen atoms in total. The van der Waals surface area contributed by atoms with Gasteiger partial charge in [0.05, 0.1) is 6.10 Å². The first kappa shape index (κ1) is 17.1. The molecule has 0 saturated heterocycles. The Hall–Kier alpha value is -0.930. The molecule has 0 aliphatic rings. The van der Waals surface area contributed by atoms with Crippen molar-refractivity contribution in [3.63, 3.8) is 0 Å². The topological polar surface area (TPSA) is 32.3 Å². The molecule has 0 aromatic rings. The first-order valence-corrected chi connectivity index (χ1v) is 6.77. The van der Waals surface area contributed by atoms with Crippen molar-refractivity contribution in [1.82, 2.24) is 5.32 Å². The van der Waals surface area contributed by atoms with E-state index < -0.39 is 0 Å². The van der Waals surface area contributed by atoms with Gasteiger partial charge < -0.3 is 10.4 Å². The van der Waals surface area contributed by atoms with E-state index in [2.05, 4.69) is 44.4 Å². The Morgan fingerprint density at radius 1 is 1.33 bits per heavy atom. The molecule has 0 fully saturated rings. The minimum atomic E-state index is -0.261. The SMILES string of the molecule is C=CN\C=C/C(/C=C\S)=C\C(C)CC(C)C(C)O. The zero-order valence-corrected chi connectivity index (χ0v) is 12.4. The molecule has 0 aromatic heterocycles. The van der Waals surface area contributed by atoms with Gasteiger partial charge in [0, 0.05) is 6.20 Å². The van der Waals surface area contributed by atoms with E-state index in [0.29, 0.717) is 11.8 Å². The third kappa shape index (κ3) is 8.20. The van der Waals surface area contributed by atoms with Crippen molar-refractivity contribution < 1.29 is 5.11 Å². The fourth-order valence-corrected chi connectivity index (χ4v) is 1.82. The molecule has 0 bridgehead atoms. The van der Waals surface area contributed by atoms with Crippen molar-refractivity contribution >= 4 is 12.6 Å². The maximum absolute atomic E-state index is 9.50. The summed E-state index contributed by atoms with van der Waals surface area (Å²) in [6, 6.07) is 0. The van der Waals surface area contributed by atoms with Crippen LogP contribution in [0.3, 0.4) is 0 Å². The number of allylic oxidation sites excluding steroid dienone is 4. The van der Waals surface area contributed by atoms with Crippen LogP contribution in [0.5, 0.6) is 0 Å². The van der Waals surface area contributed by atoms with E-state index in [1.165, 1.54) is 0 Å². The summed E-state index contributed by atoms with van der Waals surface area (Å²) in [4.78, 5) is 0. The average molecular weight is 267 g/mol. The van der Waals surface area contributed by atoms with E-state index in [-0.39, 0.29) is 6.10 Å². The predicted octanol–water partition coefficient (Wildman–Crippen LogP) is 3.65. The number of hydrogen-bond acceptors (Lipinski definition) is 3. The fourth-order valence-electron chi connectivity index (χ4n) is 1.65. The lowest BCUT2D eigenvalue weighted by Gasteiger charge is -2.17. The molecule has 102 valence electrons. The highest BCUT2D eigenvalue weighted by Gasteiger charge is 2.11. The van der Waals surface area contributed by atoms with Gasteiger partial charge in [0.1, 0.15) is 0 Å². The zero-order chi connectivity index (χ0) is 14.0. The number of aliphatic hydroxyl groups is 1. The Balaban J connectivity index is 4.58. The first-order valence-electron chi connectivity index (χ1n) is 6.25. The van der Waals surface area contributed by atoms with Crippen LogP contribution < -0.4 is 5.32 Å². The summed E-state index contributed by atoms with van der Waals surface area (Å²) in [6.07, 6.45) is 10.2. The minimum absolute atomic E-state index is 0.261. The van der Waals surface area contributed by atoms with Gasteiger partial charge >= 0.3 is 0 Å². The van der Waals surface area contributed by atoms with Gasteiger partial charge in [-0.05, 0) is 54.5 Å². The molecular weight excluding hydrogens is 242 g/mol. The van der Waals surface area contributed by atoms with E-state index in [4.69, 9.17) is 0 Å². The molecule has 0 aliphatic heterocycles. The lowest BCUT2D eigenvalue weighted by molar-refractivity contribution is 0.124. The van der Waals surface area contributed by atoms with Crippen LogP contribution in [0.15, 0.2) is 48.2 Å². The highest BCUT2D eigenvalue weighted by molar-refractivity contribution is 7.83. The van der Waals surface area contributed by atoms with E-state index in [1.807, 2.05) is 25.3 Å². The maximum atomic E-state index is 9.50. The molecule has 3 unspecified atom stereocenters. The van der Waals surface area contributed by atoms with Crippen LogP contribution in [0, 0.1) is 11.8 Å². The number of aliphatic hydroxyl groups excluding tert-OH is 1. The fraction of sp³-hybridized carbons (Fsp3) is 0.467. The summed E-state index contributed by atoms with van der Waals surface area (Å²) in [6.45, 7) is 9.64. The largest absolute Gasteiger partial charge is 0.393 e. The van der Waals surface area contributed by atoms with E-state index in [9.17, 15) is 5.11 Å². The molecule has 0 rings (SSSR count). The molecular formula is C15H25NOS. The van der Waals surface area contributed by atoms with Crippen LogP contribution in [-0.2, 0) is 0 Å². The van der Waals surface area contributed by atoms with Gasteiger partial charge in [0.25, 0.3) is 0 Å². The van der Waals surface area contributed by atoms with E-state index in [0.717, 1.165) is 12.0 Å². The number of nitrogens with one attached hydrogen (secondary N) is 1. The molecule has 0 heterocycles. The minimum Gasteiger partial charge on any atom is -0.393 e. The van der Waals surface area contributed by atoms with Crippen molar-refractivity contribution in [1.29, 1.82) is 0 Å². The third-order valence-electron chi connectivity index (χ3n) is 2.80. The van der Waals surface area contributed by atoms with Gasteiger partial charge in [-0.15, -0.1) is 0 Å². The highest BCUT2D eigenvalue weighted by atomic mass is 32.1. The molecule has 3 atom stereocenters. The summed E-state index contributed by atoms with van der Waals surface area (Å²) in [5, 5.41) is 14.1. The second kappa shape index (κ2) is 10.0. The summed E-state index contributed by atoms with van der Waals surface area (Å²) >= 11 is 4.09. The lowest BCUT2D eigenvalue weighted by Crippen LogP contribution is -2.15. The molecule has 0 amide bonds. The summed E-state index contributed by atoms with van der Waals surface area (Å²) in [5.74, 6) is 0.704. The van der Waals surface area contributed by atoms with Crippen molar-refractivity contribution in [3.05, 3.63) is 48.2 Å². The smallest absolute Gasteiger partial charge is 0.0537 e. The monoisotopic (exact) mass is 267 g/mol. The van der Waals surface area contributed by atoms with Crippen LogP contribution in [0.25, 0.3) is 0 Å². The number of thiol groups is 1. The zero-order valence-electron chi connectivity index (χ0n) is 11.5. The lowest BCUT2D eigenvalue weighted by atomic mass is 9.92. The van der Waals surface area contributed by atoms with Gasteiger partial charge in [-0.25, -0.2) is 0 Å². The number of rotatable bonds is 8. The molecule has 0 radical (unpaired) electrons. The van der Waals surface area contributed by atoms with Gasteiger partial charge in [-0.3, -0.25) is 0 Å². The Morgan fingerprint density at radius 2 is 2.00 bits per heavy atom. The van der Waals surface area contributed by atoms with E-state index in [1.54, 1.807) is 11.6 Å². The molecule has 18 heavy (non-hydrogen) atoms. The normalized spacial score (nSPS) is 17.9. The second-order valence-electron chi connectivity index (χ2n) is 4.62. The molecule has 2 N–H and O–H groups in total. The van der Waals surface area contributed by atoms with Crippen molar-refractivity contribution in [2.45, 2.75) is 33.3 Å². The van der Waals surface area contributed by atoms with Crippen LogP contribution in [0.4, 0.5) is 0 Å². The summed E-state index contributed by atoms with van der Waals surface area (Å²) in [5.41, 5.74) is 1.09. The highest BCUT2D eigenvalue weighted by Crippen LogP contribution is 2.18. The van der Waals surface area contributed by atoms with Crippen LogP contribution in [0.1, 0.15) is 27.2 Å². The third-order valence-corrected chi connectivity index (χ3v) is 2.95. The standard InChI is InChI=1S/C15H25NOS/c1-5-16-8-6-15(7-9-18)11-12(2)10-13(3)14(4)17/h5-9,11-14,16-18H,1,10H2,2-4H3/b8-6-,9-7-,15-11+. The Bertz CT molecular complexity index is 318. The van der Waals surface area contributed by atoms with Gasteiger partial charge in [-0.2, -0.15) is 12.6 Å². The summed E-state index contributed by atoms with van der Waals surface area (Å²) in [7, 11) is 0. The first-order chi connectivity index (χ1) is 8.51. The quantitative estimate of drug-likeness (QED) is 0.463. The Morgan fingerprint density at radius 3 is 2.50 bits per heavy atom. The Kier molecular flexibility index (Phi) is 9.52. The van der Waals surface area contributed by atoms with Gasteiger partial charge in [-0.1, -0.05) is 26.5 Å². The average Bonchev–Trinajstić information content (AvgIpc) is 2.29. The van der Waals surface area contributed by atoms with Crippen molar-refractivity contribution in [3.8, 4) is 0 Å². The van der Waals surface area contributed by atoms with Crippen LogP contribution >= 0.6 is 12.6 Å². The number of hydrogen-bond donors (Lipinski definition) is 3. The molecule has 3 heteroatoms. The Labute approximate surface area is 117 Å². The molecule has 0 aromatic carbocycles. The second-order valence-corrected chi connectivity index (χ2v) is 4.92. The molecule has 0 saturated carbocycles.